The number of nitrogens with one attached hydrogen (secondary N) is 1. The van der Waals surface area contributed by atoms with Gasteiger partial charge in [0.05, 0.1) is 14.2 Å². The van der Waals surface area contributed by atoms with Crippen molar-refractivity contribution >= 4 is 17.6 Å². The minimum Gasteiger partial charge on any atom is -0.497 e. The predicted octanol–water partition coefficient (Wildman–Crippen LogP) is 2.76. The number of fused-ring (bicyclic) bond motifs is 1. The number of ether oxygens (including phenoxy) is 2. The van der Waals surface area contributed by atoms with Crippen LogP contribution >= 0.6 is 0 Å². The monoisotopic (exact) mass is 325 g/mol. The lowest BCUT2D eigenvalue weighted by Gasteiger charge is -2.22. The number of carbonyl (C=O) groups is 2. The van der Waals surface area contributed by atoms with Crippen molar-refractivity contribution in [1.82, 2.24) is 0 Å². The maximum Gasteiger partial charge on any atom is 0.318 e. The molecule has 0 radical (unpaired) electrons. The van der Waals surface area contributed by atoms with Crippen molar-refractivity contribution in [3.63, 3.8) is 0 Å². The van der Waals surface area contributed by atoms with Gasteiger partial charge in [-0.3, -0.25) is 9.59 Å². The fourth-order valence-corrected chi connectivity index (χ4v) is 3.13. The number of para-hydroxylation sites is 1. The first-order valence-corrected chi connectivity index (χ1v) is 7.74. The lowest BCUT2D eigenvalue weighted by Crippen LogP contribution is -2.34. The van der Waals surface area contributed by atoms with Gasteiger partial charge in [-0.2, -0.15) is 0 Å². The molecule has 2 aromatic rings. The van der Waals surface area contributed by atoms with E-state index in [1.54, 1.807) is 7.11 Å². The van der Waals surface area contributed by atoms with E-state index in [1.165, 1.54) is 7.11 Å². The van der Waals surface area contributed by atoms with Gasteiger partial charge in [0.2, 0.25) is 5.91 Å². The number of hydrogen-bond acceptors (Lipinski definition) is 4. The average molecular weight is 325 g/mol. The van der Waals surface area contributed by atoms with E-state index < -0.39 is 11.9 Å². The van der Waals surface area contributed by atoms with Crippen molar-refractivity contribution in [3.05, 3.63) is 59.7 Å². The van der Waals surface area contributed by atoms with E-state index in [-0.39, 0.29) is 11.8 Å². The first kappa shape index (κ1) is 16.1. The number of benzene rings is 2. The van der Waals surface area contributed by atoms with Gasteiger partial charge < -0.3 is 14.8 Å². The van der Waals surface area contributed by atoms with Gasteiger partial charge in [0.25, 0.3) is 0 Å². The molecule has 0 fully saturated rings. The summed E-state index contributed by atoms with van der Waals surface area (Å²) in [7, 11) is 2.90. The fraction of sp³-hybridized carbons (Fsp3) is 0.263. The van der Waals surface area contributed by atoms with Gasteiger partial charge in [0.1, 0.15) is 11.7 Å². The summed E-state index contributed by atoms with van der Waals surface area (Å²) in [6, 6.07) is 15.0. The van der Waals surface area contributed by atoms with Crippen LogP contribution in [0.4, 0.5) is 5.69 Å². The number of carbonyl (C=O) groups excluding carboxylic acids is 2. The third kappa shape index (κ3) is 2.97. The van der Waals surface area contributed by atoms with Crippen LogP contribution in [-0.4, -0.2) is 26.1 Å². The zero-order chi connectivity index (χ0) is 17.1. The molecule has 1 aliphatic heterocycles. The fourth-order valence-electron chi connectivity index (χ4n) is 3.13. The zero-order valence-electron chi connectivity index (χ0n) is 13.6. The third-order valence-corrected chi connectivity index (χ3v) is 4.40. The van der Waals surface area contributed by atoms with Crippen LogP contribution < -0.4 is 10.1 Å². The highest BCUT2D eigenvalue weighted by molar-refractivity contribution is 6.06. The SMILES string of the molecule is COC(=O)C1C(=O)Nc2ccccc2CC1c1ccc(OC)cc1. The molecule has 0 spiro atoms. The molecule has 3 rings (SSSR count). The largest absolute Gasteiger partial charge is 0.497 e. The van der Waals surface area contributed by atoms with Crippen molar-refractivity contribution in [2.75, 3.05) is 19.5 Å². The Labute approximate surface area is 140 Å². The van der Waals surface area contributed by atoms with Crippen LogP contribution in [0, 0.1) is 5.92 Å². The van der Waals surface area contributed by atoms with Crippen LogP contribution in [-0.2, 0) is 20.7 Å². The second kappa shape index (κ2) is 6.74. The topological polar surface area (TPSA) is 64.6 Å². The number of methoxy groups -OCH3 is 2. The lowest BCUT2D eigenvalue weighted by molar-refractivity contribution is -0.149. The van der Waals surface area contributed by atoms with Gasteiger partial charge in [-0.05, 0) is 35.7 Å². The summed E-state index contributed by atoms with van der Waals surface area (Å²) in [6.45, 7) is 0. The van der Waals surface area contributed by atoms with E-state index in [9.17, 15) is 9.59 Å². The maximum absolute atomic E-state index is 12.6. The summed E-state index contributed by atoms with van der Waals surface area (Å²) in [6.07, 6.45) is 0.570. The van der Waals surface area contributed by atoms with Crippen LogP contribution in [0.1, 0.15) is 17.0 Å². The minimum absolute atomic E-state index is 0.299. The molecule has 5 heteroatoms. The van der Waals surface area contributed by atoms with Crippen molar-refractivity contribution in [1.29, 1.82) is 0 Å². The molecule has 2 aromatic carbocycles. The molecule has 1 aliphatic rings. The van der Waals surface area contributed by atoms with E-state index >= 15 is 0 Å². The summed E-state index contributed by atoms with van der Waals surface area (Å²) >= 11 is 0. The Hall–Kier alpha value is -2.82. The van der Waals surface area contributed by atoms with Crippen LogP contribution in [0.5, 0.6) is 5.75 Å². The van der Waals surface area contributed by atoms with E-state index in [0.29, 0.717) is 6.42 Å². The molecule has 1 N–H and O–H groups in total. The highest BCUT2D eigenvalue weighted by Crippen LogP contribution is 2.36. The maximum atomic E-state index is 12.6. The van der Waals surface area contributed by atoms with Gasteiger partial charge >= 0.3 is 5.97 Å². The first-order valence-electron chi connectivity index (χ1n) is 7.74. The number of amides is 1. The lowest BCUT2D eigenvalue weighted by atomic mass is 9.82. The Kier molecular flexibility index (Phi) is 4.51. The summed E-state index contributed by atoms with van der Waals surface area (Å²) in [5, 5.41) is 2.85. The normalized spacial score (nSPS) is 19.7. The molecule has 124 valence electrons. The quantitative estimate of drug-likeness (QED) is 0.696. The number of hydrogen-bond donors (Lipinski definition) is 1. The molecular weight excluding hydrogens is 306 g/mol. The van der Waals surface area contributed by atoms with E-state index in [0.717, 1.165) is 22.6 Å². The van der Waals surface area contributed by atoms with Crippen molar-refractivity contribution < 1.29 is 19.1 Å². The molecule has 2 atom stereocenters. The second-order valence-electron chi connectivity index (χ2n) is 5.73. The standard InChI is InChI=1S/C19H19NO4/c1-23-14-9-7-12(8-10-14)15-11-13-5-3-4-6-16(13)20-18(21)17(15)19(22)24-2/h3-10,15,17H,11H2,1-2H3,(H,20,21). The Balaban J connectivity index is 2.06. The molecule has 1 amide bonds. The minimum atomic E-state index is -0.893. The van der Waals surface area contributed by atoms with Crippen molar-refractivity contribution in [2.45, 2.75) is 12.3 Å². The third-order valence-electron chi connectivity index (χ3n) is 4.40. The van der Waals surface area contributed by atoms with E-state index in [2.05, 4.69) is 5.32 Å². The van der Waals surface area contributed by atoms with Crippen molar-refractivity contribution in [3.8, 4) is 5.75 Å². The first-order chi connectivity index (χ1) is 11.6. The Morgan fingerprint density at radius 2 is 1.79 bits per heavy atom. The van der Waals surface area contributed by atoms with Gasteiger partial charge in [0.15, 0.2) is 0 Å². The molecule has 0 bridgehead atoms. The highest BCUT2D eigenvalue weighted by atomic mass is 16.5. The summed E-state index contributed by atoms with van der Waals surface area (Å²) in [5.74, 6) is -1.33. The summed E-state index contributed by atoms with van der Waals surface area (Å²) in [4.78, 5) is 24.9. The second-order valence-corrected chi connectivity index (χ2v) is 5.73. The molecule has 0 saturated heterocycles. The molecular formula is C19H19NO4. The van der Waals surface area contributed by atoms with Crippen LogP contribution in [0.25, 0.3) is 0 Å². The number of anilines is 1. The number of esters is 1. The highest BCUT2D eigenvalue weighted by Gasteiger charge is 2.39. The zero-order valence-corrected chi connectivity index (χ0v) is 13.6. The summed E-state index contributed by atoms with van der Waals surface area (Å²) < 4.78 is 10.1. The predicted molar refractivity (Wildman–Crippen MR) is 90.0 cm³/mol. The smallest absolute Gasteiger partial charge is 0.318 e. The van der Waals surface area contributed by atoms with E-state index in [4.69, 9.17) is 9.47 Å². The molecule has 5 nitrogen and oxygen atoms in total. The van der Waals surface area contributed by atoms with Gasteiger partial charge in [-0.25, -0.2) is 0 Å². The van der Waals surface area contributed by atoms with Gasteiger partial charge in [-0.1, -0.05) is 30.3 Å². The average Bonchev–Trinajstić information content (AvgIpc) is 2.77. The van der Waals surface area contributed by atoms with Crippen LogP contribution in [0.2, 0.25) is 0 Å². The Morgan fingerprint density at radius 1 is 1.08 bits per heavy atom. The molecule has 0 aliphatic carbocycles. The Bertz CT molecular complexity index is 754. The van der Waals surface area contributed by atoms with Crippen LogP contribution in [0.3, 0.4) is 0 Å². The molecule has 0 aromatic heterocycles. The van der Waals surface area contributed by atoms with Crippen LogP contribution in [0.15, 0.2) is 48.5 Å². The van der Waals surface area contributed by atoms with Crippen molar-refractivity contribution in [2.24, 2.45) is 5.92 Å². The molecule has 0 saturated carbocycles. The molecule has 2 unspecified atom stereocenters. The van der Waals surface area contributed by atoms with Gasteiger partial charge in [-0.15, -0.1) is 0 Å². The number of rotatable bonds is 3. The molecule has 24 heavy (non-hydrogen) atoms. The van der Waals surface area contributed by atoms with E-state index in [1.807, 2.05) is 48.5 Å². The summed E-state index contributed by atoms with van der Waals surface area (Å²) in [5.41, 5.74) is 2.64. The Morgan fingerprint density at radius 3 is 2.46 bits per heavy atom. The van der Waals surface area contributed by atoms with Gasteiger partial charge in [0, 0.05) is 11.6 Å². The molecule has 1 heterocycles.